The summed E-state index contributed by atoms with van der Waals surface area (Å²) in [5.74, 6) is -0.0245. The Balaban J connectivity index is 1.78. The number of carbonyl (C=O) groups excluding carboxylic acids is 2. The fourth-order valence-corrected chi connectivity index (χ4v) is 3.29. The van der Waals surface area contributed by atoms with Crippen LogP contribution in [0.5, 0.6) is 0 Å². The first kappa shape index (κ1) is 18.0. The number of rotatable bonds is 3. The quantitative estimate of drug-likeness (QED) is 0.745. The summed E-state index contributed by atoms with van der Waals surface area (Å²) in [5.41, 5.74) is -0.451. The van der Waals surface area contributed by atoms with Gasteiger partial charge in [-0.25, -0.2) is 4.79 Å². The molecule has 0 bridgehead atoms. The molecule has 0 unspecified atom stereocenters. The Morgan fingerprint density at radius 3 is 2.30 bits per heavy atom. The maximum Gasteiger partial charge on any atom is 0.410 e. The van der Waals surface area contributed by atoms with E-state index >= 15 is 0 Å². The third-order valence-electron chi connectivity index (χ3n) is 4.48. The van der Waals surface area contributed by atoms with E-state index in [2.05, 4.69) is 4.90 Å². The Hall–Kier alpha value is -1.30. The summed E-state index contributed by atoms with van der Waals surface area (Å²) < 4.78 is 10.6. The fourth-order valence-electron chi connectivity index (χ4n) is 3.29. The van der Waals surface area contributed by atoms with E-state index in [1.54, 1.807) is 4.90 Å². The first-order valence-electron chi connectivity index (χ1n) is 8.68. The lowest BCUT2D eigenvalue weighted by molar-refractivity contribution is -0.149. The van der Waals surface area contributed by atoms with Crippen LogP contribution >= 0.6 is 0 Å². The van der Waals surface area contributed by atoms with Gasteiger partial charge in [-0.2, -0.15) is 0 Å². The predicted molar refractivity (Wildman–Crippen MR) is 87.1 cm³/mol. The van der Waals surface area contributed by atoms with Crippen LogP contribution in [0.4, 0.5) is 4.79 Å². The zero-order chi connectivity index (χ0) is 17.0. The average molecular weight is 326 g/mol. The van der Waals surface area contributed by atoms with Crippen molar-refractivity contribution in [2.75, 3.05) is 32.8 Å². The maximum atomic E-state index is 12.1. The third kappa shape index (κ3) is 5.09. The van der Waals surface area contributed by atoms with Crippen LogP contribution in [0, 0.1) is 5.92 Å². The third-order valence-corrected chi connectivity index (χ3v) is 4.48. The van der Waals surface area contributed by atoms with Gasteiger partial charge in [-0.1, -0.05) is 0 Å². The minimum absolute atomic E-state index is 0.0366. The van der Waals surface area contributed by atoms with Crippen molar-refractivity contribution >= 4 is 12.1 Å². The molecule has 0 aliphatic carbocycles. The van der Waals surface area contributed by atoms with Gasteiger partial charge in [0.2, 0.25) is 0 Å². The molecule has 0 aromatic heterocycles. The van der Waals surface area contributed by atoms with Crippen LogP contribution in [-0.2, 0) is 14.3 Å². The van der Waals surface area contributed by atoms with E-state index in [1.807, 2.05) is 27.7 Å². The van der Waals surface area contributed by atoms with Crippen LogP contribution < -0.4 is 0 Å². The highest BCUT2D eigenvalue weighted by atomic mass is 16.6. The summed E-state index contributed by atoms with van der Waals surface area (Å²) in [4.78, 5) is 28.1. The molecule has 2 saturated heterocycles. The first-order chi connectivity index (χ1) is 10.8. The monoisotopic (exact) mass is 326 g/mol. The Morgan fingerprint density at radius 2 is 1.74 bits per heavy atom. The van der Waals surface area contributed by atoms with E-state index in [0.717, 1.165) is 45.4 Å². The molecular weight excluding hydrogens is 296 g/mol. The summed E-state index contributed by atoms with van der Waals surface area (Å²) >= 11 is 0. The van der Waals surface area contributed by atoms with Gasteiger partial charge in [0, 0.05) is 19.1 Å². The van der Waals surface area contributed by atoms with Crippen molar-refractivity contribution in [3.05, 3.63) is 0 Å². The second kappa shape index (κ2) is 7.51. The van der Waals surface area contributed by atoms with Crippen molar-refractivity contribution < 1.29 is 19.1 Å². The zero-order valence-corrected chi connectivity index (χ0v) is 14.8. The van der Waals surface area contributed by atoms with Gasteiger partial charge in [0.05, 0.1) is 12.5 Å². The number of hydrogen-bond acceptors (Lipinski definition) is 5. The van der Waals surface area contributed by atoms with Crippen LogP contribution in [0.25, 0.3) is 0 Å². The minimum atomic E-state index is -0.451. The number of carbonyl (C=O) groups is 2. The van der Waals surface area contributed by atoms with Crippen LogP contribution in [0.3, 0.4) is 0 Å². The highest BCUT2D eigenvalue weighted by Gasteiger charge is 2.35. The van der Waals surface area contributed by atoms with Crippen molar-refractivity contribution in [2.24, 2.45) is 5.92 Å². The summed E-state index contributed by atoms with van der Waals surface area (Å²) in [5, 5.41) is 0. The first-order valence-corrected chi connectivity index (χ1v) is 8.68. The second-order valence-electron chi connectivity index (χ2n) is 7.43. The van der Waals surface area contributed by atoms with E-state index in [-0.39, 0.29) is 18.0 Å². The Kier molecular flexibility index (Phi) is 5.89. The van der Waals surface area contributed by atoms with Gasteiger partial charge in [-0.05, 0) is 60.0 Å². The number of likely N-dealkylation sites (tertiary alicyclic amines) is 2. The average Bonchev–Trinajstić information content (AvgIpc) is 2.96. The normalized spacial score (nSPS) is 23.8. The standard InChI is InChI=1S/C17H30N2O4/c1-5-22-15(20)13-6-9-18(10-7-13)14-8-11-19(12-14)16(21)23-17(2,3)4/h13-14H,5-12H2,1-4H3/t14-/m0/s1. The number of piperidine rings is 1. The summed E-state index contributed by atoms with van der Waals surface area (Å²) in [7, 11) is 0. The van der Waals surface area contributed by atoms with Gasteiger partial charge in [0.15, 0.2) is 0 Å². The van der Waals surface area contributed by atoms with Gasteiger partial charge in [0.25, 0.3) is 0 Å². The van der Waals surface area contributed by atoms with Crippen molar-refractivity contribution in [1.29, 1.82) is 0 Å². The summed E-state index contributed by atoms with van der Waals surface area (Å²) in [6.07, 6.45) is 2.45. The fraction of sp³-hybridized carbons (Fsp3) is 0.882. The molecule has 0 saturated carbocycles. The molecule has 2 heterocycles. The van der Waals surface area contributed by atoms with E-state index in [1.165, 1.54) is 0 Å². The minimum Gasteiger partial charge on any atom is -0.466 e. The van der Waals surface area contributed by atoms with E-state index in [4.69, 9.17) is 9.47 Å². The topological polar surface area (TPSA) is 59.1 Å². The molecule has 1 atom stereocenters. The highest BCUT2D eigenvalue weighted by molar-refractivity contribution is 5.72. The van der Waals surface area contributed by atoms with E-state index in [9.17, 15) is 9.59 Å². The molecule has 2 rings (SSSR count). The number of hydrogen-bond donors (Lipinski definition) is 0. The SMILES string of the molecule is CCOC(=O)C1CCN([C@H]2CCN(C(=O)OC(C)(C)C)C2)CC1. The molecule has 1 amide bonds. The largest absolute Gasteiger partial charge is 0.466 e. The van der Waals surface area contributed by atoms with E-state index < -0.39 is 5.60 Å². The summed E-state index contributed by atoms with van der Waals surface area (Å²) in [6.45, 7) is 11.2. The number of amides is 1. The maximum absolute atomic E-state index is 12.1. The van der Waals surface area contributed by atoms with Crippen LogP contribution in [-0.4, -0.2) is 66.3 Å². The molecule has 0 N–H and O–H groups in total. The molecule has 0 aromatic carbocycles. The molecule has 0 aromatic rings. The van der Waals surface area contributed by atoms with Gasteiger partial charge in [0.1, 0.15) is 5.60 Å². The lowest BCUT2D eigenvalue weighted by atomic mass is 9.95. The second-order valence-corrected chi connectivity index (χ2v) is 7.43. The van der Waals surface area contributed by atoms with Gasteiger partial charge in [-0.15, -0.1) is 0 Å². The van der Waals surface area contributed by atoms with Crippen molar-refractivity contribution in [1.82, 2.24) is 9.80 Å². The molecule has 0 radical (unpaired) electrons. The summed E-state index contributed by atoms with van der Waals surface area (Å²) in [6, 6.07) is 0.380. The Bertz CT molecular complexity index is 425. The van der Waals surface area contributed by atoms with Gasteiger partial charge >= 0.3 is 12.1 Å². The Morgan fingerprint density at radius 1 is 1.09 bits per heavy atom. The predicted octanol–water partition coefficient (Wildman–Crippen LogP) is 2.27. The number of ether oxygens (including phenoxy) is 2. The molecule has 2 aliphatic heterocycles. The number of nitrogens with zero attached hydrogens (tertiary/aromatic N) is 2. The van der Waals surface area contributed by atoms with Crippen LogP contribution in [0.2, 0.25) is 0 Å². The molecule has 6 heteroatoms. The van der Waals surface area contributed by atoms with Crippen molar-refractivity contribution in [3.8, 4) is 0 Å². The molecule has 2 fully saturated rings. The van der Waals surface area contributed by atoms with Crippen molar-refractivity contribution in [3.63, 3.8) is 0 Å². The lowest BCUT2D eigenvalue weighted by Gasteiger charge is -2.35. The van der Waals surface area contributed by atoms with Crippen LogP contribution in [0.15, 0.2) is 0 Å². The highest BCUT2D eigenvalue weighted by Crippen LogP contribution is 2.25. The molecule has 2 aliphatic rings. The van der Waals surface area contributed by atoms with E-state index in [0.29, 0.717) is 12.6 Å². The molecular formula is C17H30N2O4. The lowest BCUT2D eigenvalue weighted by Crippen LogP contribution is -2.45. The van der Waals surface area contributed by atoms with Crippen molar-refractivity contribution in [2.45, 2.75) is 58.6 Å². The molecule has 0 spiro atoms. The Labute approximate surface area is 139 Å². The zero-order valence-electron chi connectivity index (χ0n) is 14.8. The molecule has 132 valence electrons. The van der Waals surface area contributed by atoms with Crippen LogP contribution in [0.1, 0.15) is 47.0 Å². The number of esters is 1. The van der Waals surface area contributed by atoms with Gasteiger partial charge < -0.3 is 14.4 Å². The van der Waals surface area contributed by atoms with Gasteiger partial charge in [-0.3, -0.25) is 9.69 Å². The molecule has 23 heavy (non-hydrogen) atoms. The smallest absolute Gasteiger partial charge is 0.410 e. The molecule has 6 nitrogen and oxygen atoms in total.